The van der Waals surface area contributed by atoms with Gasteiger partial charge in [0.25, 0.3) is 5.91 Å². The van der Waals surface area contributed by atoms with Crippen LogP contribution in [0.4, 0.5) is 11.4 Å². The summed E-state index contributed by atoms with van der Waals surface area (Å²) in [5.41, 5.74) is 2.82. The molecule has 29 heavy (non-hydrogen) atoms. The average molecular weight is 463 g/mol. The second kappa shape index (κ2) is 8.19. The molecule has 154 valence electrons. The minimum absolute atomic E-state index is 0.272. The summed E-state index contributed by atoms with van der Waals surface area (Å²) in [6.45, 7) is 7.79. The summed E-state index contributed by atoms with van der Waals surface area (Å²) in [6, 6.07) is -0.568. The van der Waals surface area contributed by atoms with Crippen LogP contribution in [0.5, 0.6) is 0 Å². The molecule has 0 aromatic carbocycles. The number of amides is 2. The molecule has 1 atom stereocenters. The Hall–Kier alpha value is -2.95. The molecule has 10 nitrogen and oxygen atoms in total. The normalized spacial score (nSPS) is 12.1. The number of anilines is 2. The van der Waals surface area contributed by atoms with E-state index >= 15 is 0 Å². The number of nitrogens with zero attached hydrogens (tertiary/aromatic N) is 6. The van der Waals surface area contributed by atoms with Gasteiger partial charge in [-0.25, -0.2) is 0 Å². The first-order valence-electron chi connectivity index (χ1n) is 9.10. The minimum atomic E-state index is -0.568. The van der Waals surface area contributed by atoms with E-state index in [1.807, 2.05) is 20.8 Å². The third kappa shape index (κ3) is 4.09. The SMILES string of the molecule is CCn1ncc(NC(=O)[C@H](C)n2cc(Br)c(C)n2)c1C(=O)Nc1cnn(C)c1C. The first kappa shape index (κ1) is 20.8. The van der Waals surface area contributed by atoms with Gasteiger partial charge in [-0.05, 0) is 43.6 Å². The fourth-order valence-electron chi connectivity index (χ4n) is 2.77. The van der Waals surface area contributed by atoms with Crippen molar-refractivity contribution in [2.45, 2.75) is 40.3 Å². The number of carbonyl (C=O) groups is 2. The highest BCUT2D eigenvalue weighted by Gasteiger charge is 2.24. The van der Waals surface area contributed by atoms with E-state index in [1.54, 1.807) is 35.7 Å². The van der Waals surface area contributed by atoms with Crippen molar-refractivity contribution < 1.29 is 9.59 Å². The molecule has 0 aliphatic heterocycles. The van der Waals surface area contributed by atoms with Gasteiger partial charge in [-0.3, -0.25) is 23.6 Å². The molecular weight excluding hydrogens is 440 g/mol. The zero-order valence-electron chi connectivity index (χ0n) is 16.9. The van der Waals surface area contributed by atoms with E-state index in [0.717, 1.165) is 15.9 Å². The average Bonchev–Trinajstić information content (AvgIpc) is 3.34. The Labute approximate surface area is 176 Å². The summed E-state index contributed by atoms with van der Waals surface area (Å²) < 4.78 is 5.59. The van der Waals surface area contributed by atoms with Crippen molar-refractivity contribution in [3.63, 3.8) is 0 Å². The number of aromatic nitrogens is 6. The molecule has 3 aromatic heterocycles. The summed E-state index contributed by atoms with van der Waals surface area (Å²) in [4.78, 5) is 25.7. The quantitative estimate of drug-likeness (QED) is 0.584. The van der Waals surface area contributed by atoms with Gasteiger partial charge >= 0.3 is 0 Å². The van der Waals surface area contributed by atoms with E-state index in [9.17, 15) is 9.59 Å². The molecule has 0 aliphatic carbocycles. The second-order valence-corrected chi connectivity index (χ2v) is 7.51. The molecule has 0 aliphatic rings. The van der Waals surface area contributed by atoms with Crippen molar-refractivity contribution in [1.82, 2.24) is 29.3 Å². The summed E-state index contributed by atoms with van der Waals surface area (Å²) in [5, 5.41) is 18.3. The highest BCUT2D eigenvalue weighted by atomic mass is 79.9. The lowest BCUT2D eigenvalue weighted by Crippen LogP contribution is -2.26. The lowest BCUT2D eigenvalue weighted by molar-refractivity contribution is -0.119. The molecule has 0 radical (unpaired) electrons. The number of hydrogen-bond donors (Lipinski definition) is 2. The number of rotatable bonds is 6. The number of aryl methyl sites for hydroxylation is 3. The van der Waals surface area contributed by atoms with E-state index < -0.39 is 6.04 Å². The molecule has 0 fully saturated rings. The van der Waals surface area contributed by atoms with Crippen LogP contribution in [0, 0.1) is 13.8 Å². The Morgan fingerprint density at radius 1 is 1.17 bits per heavy atom. The van der Waals surface area contributed by atoms with Crippen LogP contribution in [0.2, 0.25) is 0 Å². The predicted molar refractivity (Wildman–Crippen MR) is 112 cm³/mol. The molecular formula is C18H23BrN8O2. The Kier molecular flexibility index (Phi) is 5.87. The van der Waals surface area contributed by atoms with Crippen molar-refractivity contribution in [1.29, 1.82) is 0 Å². The Morgan fingerprint density at radius 2 is 1.86 bits per heavy atom. The number of carbonyl (C=O) groups excluding carboxylic acids is 2. The smallest absolute Gasteiger partial charge is 0.276 e. The zero-order chi connectivity index (χ0) is 21.3. The largest absolute Gasteiger partial charge is 0.321 e. The standard InChI is InChI=1S/C18H23BrN8O2/c1-6-26-16(18(29)22-14-7-20-25(5)11(14)3)15(8-21-26)23-17(28)12(4)27-9-13(19)10(2)24-27/h7-9,12H,6H2,1-5H3,(H,22,29)(H,23,28)/t12-/m0/s1. The molecule has 3 heterocycles. The van der Waals surface area contributed by atoms with Crippen LogP contribution < -0.4 is 10.6 Å². The molecule has 0 saturated carbocycles. The first-order chi connectivity index (χ1) is 13.7. The molecule has 2 N–H and O–H groups in total. The van der Waals surface area contributed by atoms with Crippen LogP contribution in [-0.4, -0.2) is 41.2 Å². The Balaban J connectivity index is 1.83. The van der Waals surface area contributed by atoms with Crippen molar-refractivity contribution in [2.24, 2.45) is 7.05 Å². The fourth-order valence-corrected chi connectivity index (χ4v) is 3.06. The van der Waals surface area contributed by atoms with Gasteiger partial charge in [0.2, 0.25) is 5.91 Å². The van der Waals surface area contributed by atoms with E-state index in [1.165, 1.54) is 10.9 Å². The molecule has 3 rings (SSSR count). The zero-order valence-corrected chi connectivity index (χ0v) is 18.5. The lowest BCUT2D eigenvalue weighted by Gasteiger charge is -2.13. The topological polar surface area (TPSA) is 112 Å². The molecule has 0 bridgehead atoms. The van der Waals surface area contributed by atoms with Gasteiger partial charge in [0.1, 0.15) is 11.7 Å². The monoisotopic (exact) mass is 462 g/mol. The van der Waals surface area contributed by atoms with E-state index in [0.29, 0.717) is 17.9 Å². The fraction of sp³-hybridized carbons (Fsp3) is 0.389. The van der Waals surface area contributed by atoms with Crippen LogP contribution in [0.3, 0.4) is 0 Å². The molecule has 3 aromatic rings. The maximum absolute atomic E-state index is 12.9. The molecule has 0 spiro atoms. The van der Waals surface area contributed by atoms with Gasteiger partial charge in [0, 0.05) is 19.8 Å². The van der Waals surface area contributed by atoms with Crippen LogP contribution >= 0.6 is 15.9 Å². The van der Waals surface area contributed by atoms with Gasteiger partial charge in [0.15, 0.2) is 0 Å². The van der Waals surface area contributed by atoms with Crippen LogP contribution in [0.1, 0.15) is 41.8 Å². The third-order valence-corrected chi connectivity index (χ3v) is 5.51. The highest BCUT2D eigenvalue weighted by molar-refractivity contribution is 9.10. The summed E-state index contributed by atoms with van der Waals surface area (Å²) in [5.74, 6) is -0.677. The van der Waals surface area contributed by atoms with Crippen molar-refractivity contribution >= 4 is 39.1 Å². The van der Waals surface area contributed by atoms with Crippen molar-refractivity contribution in [2.75, 3.05) is 10.6 Å². The van der Waals surface area contributed by atoms with Crippen LogP contribution in [0.15, 0.2) is 23.1 Å². The summed E-state index contributed by atoms with van der Waals surface area (Å²) in [6.07, 6.45) is 4.80. The number of hydrogen-bond acceptors (Lipinski definition) is 5. The maximum Gasteiger partial charge on any atom is 0.276 e. The number of halogens is 1. The van der Waals surface area contributed by atoms with Gasteiger partial charge < -0.3 is 10.6 Å². The summed E-state index contributed by atoms with van der Waals surface area (Å²) >= 11 is 3.39. The van der Waals surface area contributed by atoms with E-state index in [-0.39, 0.29) is 17.5 Å². The second-order valence-electron chi connectivity index (χ2n) is 6.65. The molecule has 11 heteroatoms. The molecule has 0 unspecified atom stereocenters. The lowest BCUT2D eigenvalue weighted by atomic mass is 10.2. The van der Waals surface area contributed by atoms with Crippen LogP contribution in [-0.2, 0) is 18.4 Å². The van der Waals surface area contributed by atoms with Gasteiger partial charge in [-0.1, -0.05) is 0 Å². The van der Waals surface area contributed by atoms with E-state index in [4.69, 9.17) is 0 Å². The van der Waals surface area contributed by atoms with Gasteiger partial charge in [-0.2, -0.15) is 15.3 Å². The third-order valence-electron chi connectivity index (χ3n) is 4.73. The Morgan fingerprint density at radius 3 is 2.41 bits per heavy atom. The van der Waals surface area contributed by atoms with Crippen molar-refractivity contribution in [3.05, 3.63) is 40.1 Å². The van der Waals surface area contributed by atoms with E-state index in [2.05, 4.69) is 41.9 Å². The Bertz CT molecular complexity index is 1040. The minimum Gasteiger partial charge on any atom is -0.321 e. The molecule has 0 saturated heterocycles. The van der Waals surface area contributed by atoms with Gasteiger partial charge in [0.05, 0.1) is 39.6 Å². The first-order valence-corrected chi connectivity index (χ1v) is 9.90. The molecule has 2 amide bonds. The predicted octanol–water partition coefficient (Wildman–Crippen LogP) is 2.66. The van der Waals surface area contributed by atoms with Gasteiger partial charge in [-0.15, -0.1) is 0 Å². The van der Waals surface area contributed by atoms with Crippen molar-refractivity contribution in [3.8, 4) is 0 Å². The van der Waals surface area contributed by atoms with Crippen LogP contribution in [0.25, 0.3) is 0 Å². The summed E-state index contributed by atoms with van der Waals surface area (Å²) in [7, 11) is 1.80. The highest BCUT2D eigenvalue weighted by Crippen LogP contribution is 2.22. The number of nitrogens with one attached hydrogen (secondary N) is 2. The maximum atomic E-state index is 12.9.